The zero-order valence-electron chi connectivity index (χ0n) is 19.1. The lowest BCUT2D eigenvalue weighted by Gasteiger charge is -2.42. The Labute approximate surface area is 200 Å². The highest BCUT2D eigenvalue weighted by molar-refractivity contribution is 6.30. The lowest BCUT2D eigenvalue weighted by Crippen LogP contribution is -2.55. The number of halogens is 1. The first-order valence-corrected chi connectivity index (χ1v) is 11.8. The third-order valence-corrected chi connectivity index (χ3v) is 6.66. The summed E-state index contributed by atoms with van der Waals surface area (Å²) in [4.78, 5) is 4.39. The van der Waals surface area contributed by atoms with E-state index < -0.39 is 11.2 Å². The minimum absolute atomic E-state index is 0.106. The van der Waals surface area contributed by atoms with Crippen LogP contribution in [0.2, 0.25) is 5.02 Å². The molecule has 0 bridgehead atoms. The zero-order valence-corrected chi connectivity index (χ0v) is 19.8. The first kappa shape index (κ1) is 24.1. The number of anilines is 1. The van der Waals surface area contributed by atoms with Gasteiger partial charge in [0.2, 0.25) is 0 Å². The first-order chi connectivity index (χ1) is 15.9. The van der Waals surface area contributed by atoms with Gasteiger partial charge in [0.25, 0.3) is 0 Å². The summed E-state index contributed by atoms with van der Waals surface area (Å²) in [5, 5.41) is 23.1. The molecular weight excluding hydrogens is 444 g/mol. The highest BCUT2D eigenvalue weighted by Gasteiger charge is 2.39. The molecule has 2 aliphatic heterocycles. The Bertz CT molecular complexity index is 887. The summed E-state index contributed by atoms with van der Waals surface area (Å²) in [7, 11) is 1.66. The summed E-state index contributed by atoms with van der Waals surface area (Å²) >= 11 is 5.93. The fourth-order valence-electron chi connectivity index (χ4n) is 4.52. The van der Waals surface area contributed by atoms with Gasteiger partial charge in [-0.25, -0.2) is 0 Å². The maximum atomic E-state index is 11.3. The molecule has 0 radical (unpaired) electrons. The molecule has 0 aromatic heterocycles. The van der Waals surface area contributed by atoms with Crippen LogP contribution in [0.4, 0.5) is 5.69 Å². The molecule has 2 heterocycles. The van der Waals surface area contributed by atoms with Gasteiger partial charge in [-0.2, -0.15) is 0 Å². The van der Waals surface area contributed by atoms with Crippen molar-refractivity contribution in [2.45, 2.75) is 24.0 Å². The van der Waals surface area contributed by atoms with Gasteiger partial charge in [-0.15, -0.1) is 0 Å². The van der Waals surface area contributed by atoms with Gasteiger partial charge in [-0.3, -0.25) is 4.90 Å². The van der Waals surface area contributed by atoms with E-state index in [9.17, 15) is 10.2 Å². The predicted molar refractivity (Wildman–Crippen MR) is 129 cm³/mol. The number of rotatable bonds is 7. The topological polar surface area (TPSA) is 74.6 Å². The van der Waals surface area contributed by atoms with Crippen LogP contribution in [0.1, 0.15) is 12.8 Å². The number of benzene rings is 2. The van der Waals surface area contributed by atoms with E-state index >= 15 is 0 Å². The van der Waals surface area contributed by atoms with Crippen molar-refractivity contribution in [1.82, 2.24) is 4.90 Å². The van der Waals surface area contributed by atoms with Gasteiger partial charge in [0.05, 0.1) is 25.9 Å². The number of piperidine rings is 1. The van der Waals surface area contributed by atoms with Crippen molar-refractivity contribution < 1.29 is 24.4 Å². The molecule has 2 aliphatic rings. The van der Waals surface area contributed by atoms with E-state index in [1.54, 1.807) is 31.4 Å². The number of methoxy groups -OCH3 is 1. The highest BCUT2D eigenvalue weighted by Crippen LogP contribution is 2.29. The molecule has 7 nitrogen and oxygen atoms in total. The highest BCUT2D eigenvalue weighted by atomic mass is 35.5. The molecule has 1 unspecified atom stereocenters. The summed E-state index contributed by atoms with van der Waals surface area (Å²) in [5.41, 5.74) is -0.823. The molecule has 0 saturated carbocycles. The quantitative estimate of drug-likeness (QED) is 0.636. The van der Waals surface area contributed by atoms with E-state index in [4.69, 9.17) is 25.8 Å². The van der Waals surface area contributed by atoms with Crippen molar-refractivity contribution in [1.29, 1.82) is 0 Å². The molecule has 0 aliphatic carbocycles. The number of ether oxygens (including phenoxy) is 3. The number of aliphatic hydroxyl groups is 2. The SMILES string of the molecule is COc1ccc(N2CCC(O)(CN3CCOCC(O)(COc4ccc(Cl)cc4)C3)CC2)cc1. The van der Waals surface area contributed by atoms with Crippen molar-refractivity contribution in [3.05, 3.63) is 53.6 Å². The minimum Gasteiger partial charge on any atom is -0.497 e. The molecule has 0 spiro atoms. The largest absolute Gasteiger partial charge is 0.497 e. The molecule has 1 atom stereocenters. The van der Waals surface area contributed by atoms with Gasteiger partial charge in [-0.1, -0.05) is 11.6 Å². The van der Waals surface area contributed by atoms with Crippen LogP contribution in [0.3, 0.4) is 0 Å². The number of hydrogen-bond donors (Lipinski definition) is 2. The van der Waals surface area contributed by atoms with Gasteiger partial charge in [-0.05, 0) is 61.4 Å². The Balaban J connectivity index is 1.31. The molecule has 33 heavy (non-hydrogen) atoms. The molecule has 0 amide bonds. The molecule has 180 valence electrons. The van der Waals surface area contributed by atoms with Crippen LogP contribution < -0.4 is 14.4 Å². The average molecular weight is 477 g/mol. The Morgan fingerprint density at radius 3 is 2.27 bits per heavy atom. The van der Waals surface area contributed by atoms with Crippen LogP contribution in [-0.2, 0) is 4.74 Å². The normalized spacial score (nSPS) is 23.7. The molecule has 2 aromatic carbocycles. The molecule has 2 saturated heterocycles. The van der Waals surface area contributed by atoms with Crippen molar-refractivity contribution in [2.24, 2.45) is 0 Å². The lowest BCUT2D eigenvalue weighted by molar-refractivity contribution is -0.0742. The summed E-state index contributed by atoms with van der Waals surface area (Å²) in [6, 6.07) is 15.1. The fourth-order valence-corrected chi connectivity index (χ4v) is 4.64. The van der Waals surface area contributed by atoms with Gasteiger partial charge >= 0.3 is 0 Å². The number of nitrogens with zero attached hydrogens (tertiary/aromatic N) is 2. The van der Waals surface area contributed by atoms with E-state index in [1.165, 1.54) is 0 Å². The van der Waals surface area contributed by atoms with Gasteiger partial charge < -0.3 is 29.3 Å². The van der Waals surface area contributed by atoms with E-state index in [1.807, 2.05) is 12.1 Å². The van der Waals surface area contributed by atoms with Crippen molar-refractivity contribution >= 4 is 17.3 Å². The molecule has 2 N–H and O–H groups in total. The summed E-state index contributed by atoms with van der Waals surface area (Å²) in [6.07, 6.45) is 1.33. The molecule has 2 aromatic rings. The standard InChI is InChI=1S/C25H33ClN2O5/c1-31-22-8-4-21(5-9-22)28-12-10-24(29,11-13-28)16-27-14-15-32-18-25(30,17-27)19-33-23-6-2-20(26)3-7-23/h2-9,29-30H,10-19H2,1H3. The molecule has 2 fully saturated rings. The Kier molecular flexibility index (Phi) is 7.66. The van der Waals surface area contributed by atoms with Crippen LogP contribution in [0.5, 0.6) is 11.5 Å². The van der Waals surface area contributed by atoms with Crippen LogP contribution in [-0.4, -0.2) is 86.0 Å². The molecular formula is C25H33ClN2O5. The Morgan fingerprint density at radius 1 is 0.939 bits per heavy atom. The van der Waals surface area contributed by atoms with E-state index in [2.05, 4.69) is 21.9 Å². The van der Waals surface area contributed by atoms with E-state index in [-0.39, 0.29) is 13.2 Å². The maximum Gasteiger partial charge on any atom is 0.134 e. The number of β-amino-alcohol motifs (C(OH)–C–C–N with tert-alkyl or cyclic N) is 2. The molecule has 4 rings (SSSR count). The van der Waals surface area contributed by atoms with Crippen molar-refractivity contribution in [2.75, 3.05) is 64.6 Å². The predicted octanol–water partition coefficient (Wildman–Crippen LogP) is 2.82. The zero-order chi connectivity index (χ0) is 23.3. The second-order valence-electron chi connectivity index (χ2n) is 9.14. The fraction of sp³-hybridized carbons (Fsp3) is 0.520. The summed E-state index contributed by atoms with van der Waals surface area (Å²) in [6.45, 7) is 3.90. The third kappa shape index (κ3) is 6.52. The second kappa shape index (κ2) is 10.5. The third-order valence-electron chi connectivity index (χ3n) is 6.41. The van der Waals surface area contributed by atoms with Gasteiger partial charge in [0, 0.05) is 43.4 Å². The lowest BCUT2D eigenvalue weighted by atomic mass is 9.90. The van der Waals surface area contributed by atoms with E-state index in [0.717, 1.165) is 24.5 Å². The second-order valence-corrected chi connectivity index (χ2v) is 9.58. The Hall–Kier alpha value is -2.03. The average Bonchev–Trinajstić information content (AvgIpc) is 3.00. The first-order valence-electron chi connectivity index (χ1n) is 11.4. The minimum atomic E-state index is -1.16. The summed E-state index contributed by atoms with van der Waals surface area (Å²) in [5.74, 6) is 1.48. The van der Waals surface area contributed by atoms with Gasteiger partial charge in [0.1, 0.15) is 23.7 Å². The van der Waals surface area contributed by atoms with Crippen LogP contribution in [0.25, 0.3) is 0 Å². The number of hydrogen-bond acceptors (Lipinski definition) is 7. The van der Waals surface area contributed by atoms with Crippen molar-refractivity contribution in [3.63, 3.8) is 0 Å². The van der Waals surface area contributed by atoms with E-state index in [0.29, 0.717) is 49.9 Å². The van der Waals surface area contributed by atoms with Crippen molar-refractivity contribution in [3.8, 4) is 11.5 Å². The monoisotopic (exact) mass is 476 g/mol. The molecule has 8 heteroatoms. The maximum absolute atomic E-state index is 11.3. The summed E-state index contributed by atoms with van der Waals surface area (Å²) < 4.78 is 16.7. The van der Waals surface area contributed by atoms with Crippen LogP contribution >= 0.6 is 11.6 Å². The van der Waals surface area contributed by atoms with Gasteiger partial charge in [0.15, 0.2) is 0 Å². The van der Waals surface area contributed by atoms with Crippen LogP contribution in [0, 0.1) is 0 Å². The Morgan fingerprint density at radius 2 is 1.61 bits per heavy atom. The van der Waals surface area contributed by atoms with Crippen LogP contribution in [0.15, 0.2) is 48.5 Å². The smallest absolute Gasteiger partial charge is 0.134 e.